The van der Waals surface area contributed by atoms with Gasteiger partial charge in [-0.25, -0.2) is 4.79 Å². The molecular weight excluding hydrogens is 278 g/mol. The first kappa shape index (κ1) is 14.3. The second-order valence-electron chi connectivity index (χ2n) is 4.39. The molecule has 1 heterocycles. The van der Waals surface area contributed by atoms with Crippen LogP contribution in [0.3, 0.4) is 0 Å². The van der Waals surface area contributed by atoms with Crippen molar-refractivity contribution in [2.45, 2.75) is 19.9 Å². The van der Waals surface area contributed by atoms with Crippen molar-refractivity contribution in [3.8, 4) is 0 Å². The van der Waals surface area contributed by atoms with E-state index in [2.05, 4.69) is 15.3 Å². The van der Waals surface area contributed by atoms with Crippen LogP contribution in [-0.4, -0.2) is 21.0 Å². The van der Waals surface area contributed by atoms with E-state index >= 15 is 0 Å². The lowest BCUT2D eigenvalue weighted by Crippen LogP contribution is -2.11. The number of nitrogens with one attached hydrogen (secondary N) is 1. The van der Waals surface area contributed by atoms with Crippen molar-refractivity contribution in [1.29, 1.82) is 0 Å². The van der Waals surface area contributed by atoms with Crippen LogP contribution in [0.5, 0.6) is 0 Å². The monoisotopic (exact) mass is 291 g/mol. The van der Waals surface area contributed by atoms with Crippen molar-refractivity contribution in [2.75, 3.05) is 5.32 Å². The van der Waals surface area contributed by atoms with Crippen LogP contribution in [0.25, 0.3) is 0 Å². The number of hydrogen-bond donors (Lipinski definition) is 2. The number of rotatable bonds is 4. The number of aromatic carboxylic acids is 1. The number of aryl methyl sites for hydroxylation is 1. The van der Waals surface area contributed by atoms with Crippen LogP contribution in [0.1, 0.15) is 34.7 Å². The third-order valence-electron chi connectivity index (χ3n) is 2.91. The van der Waals surface area contributed by atoms with E-state index in [9.17, 15) is 4.79 Å². The Bertz CT molecular complexity index is 646. The standard InChI is InChI=1S/C14H14ClN3O2/c1-8-13(17-6-5-16-8)9(2)18-10-3-4-12(15)11(7-10)14(19)20/h3-7,9,18H,1-2H3,(H,19,20). The molecule has 20 heavy (non-hydrogen) atoms. The molecule has 0 aliphatic rings. The molecule has 2 aromatic rings. The Morgan fingerprint density at radius 2 is 2.05 bits per heavy atom. The summed E-state index contributed by atoms with van der Waals surface area (Å²) in [6.45, 7) is 3.82. The first-order chi connectivity index (χ1) is 9.49. The van der Waals surface area contributed by atoms with Gasteiger partial charge in [0.05, 0.1) is 28.0 Å². The van der Waals surface area contributed by atoms with Crippen LogP contribution in [0.4, 0.5) is 5.69 Å². The van der Waals surface area contributed by atoms with Gasteiger partial charge >= 0.3 is 5.97 Å². The highest BCUT2D eigenvalue weighted by atomic mass is 35.5. The fraction of sp³-hybridized carbons (Fsp3) is 0.214. The van der Waals surface area contributed by atoms with Gasteiger partial charge in [-0.15, -0.1) is 0 Å². The van der Waals surface area contributed by atoms with Crippen LogP contribution in [-0.2, 0) is 0 Å². The average Bonchev–Trinajstić information content (AvgIpc) is 2.41. The molecule has 2 rings (SSSR count). The largest absolute Gasteiger partial charge is 0.478 e. The Morgan fingerprint density at radius 3 is 2.70 bits per heavy atom. The zero-order valence-corrected chi connectivity index (χ0v) is 11.8. The number of halogens is 1. The quantitative estimate of drug-likeness (QED) is 0.904. The number of carboxylic acid groups (broad SMARTS) is 1. The Morgan fingerprint density at radius 1 is 1.35 bits per heavy atom. The number of carbonyl (C=O) groups is 1. The minimum Gasteiger partial charge on any atom is -0.478 e. The van der Waals surface area contributed by atoms with E-state index in [4.69, 9.17) is 16.7 Å². The van der Waals surface area contributed by atoms with Crippen LogP contribution in [0, 0.1) is 6.92 Å². The molecule has 0 fully saturated rings. The molecule has 0 radical (unpaired) electrons. The molecule has 1 unspecified atom stereocenters. The van der Waals surface area contributed by atoms with Gasteiger partial charge < -0.3 is 10.4 Å². The lowest BCUT2D eigenvalue weighted by Gasteiger charge is -2.16. The van der Waals surface area contributed by atoms with Crippen molar-refractivity contribution in [1.82, 2.24) is 9.97 Å². The second kappa shape index (κ2) is 5.88. The zero-order chi connectivity index (χ0) is 14.7. The summed E-state index contributed by atoms with van der Waals surface area (Å²) in [5.74, 6) is -1.05. The summed E-state index contributed by atoms with van der Waals surface area (Å²) in [4.78, 5) is 19.5. The summed E-state index contributed by atoms with van der Waals surface area (Å²) in [7, 11) is 0. The molecule has 0 saturated heterocycles. The summed E-state index contributed by atoms with van der Waals surface area (Å²) in [6, 6.07) is 4.71. The summed E-state index contributed by atoms with van der Waals surface area (Å²) in [5.41, 5.74) is 2.39. The number of benzene rings is 1. The Kier molecular flexibility index (Phi) is 4.20. The van der Waals surface area contributed by atoms with Gasteiger partial charge in [-0.3, -0.25) is 9.97 Å². The second-order valence-corrected chi connectivity index (χ2v) is 4.80. The topological polar surface area (TPSA) is 75.1 Å². The van der Waals surface area contributed by atoms with Gasteiger partial charge in [0, 0.05) is 18.1 Å². The maximum atomic E-state index is 11.0. The van der Waals surface area contributed by atoms with Crippen molar-refractivity contribution in [3.63, 3.8) is 0 Å². The maximum absolute atomic E-state index is 11.0. The van der Waals surface area contributed by atoms with Crippen molar-refractivity contribution < 1.29 is 9.90 Å². The van der Waals surface area contributed by atoms with Crippen LogP contribution >= 0.6 is 11.6 Å². The third kappa shape index (κ3) is 3.05. The molecule has 0 aliphatic heterocycles. The first-order valence-electron chi connectivity index (χ1n) is 6.06. The van der Waals surface area contributed by atoms with E-state index in [1.54, 1.807) is 24.5 Å². The normalized spacial score (nSPS) is 11.9. The number of hydrogen-bond acceptors (Lipinski definition) is 4. The third-order valence-corrected chi connectivity index (χ3v) is 3.24. The molecule has 5 nitrogen and oxygen atoms in total. The molecule has 6 heteroatoms. The predicted octanol–water partition coefficient (Wildman–Crippen LogP) is 3.31. The minimum absolute atomic E-state index is 0.0692. The fourth-order valence-electron chi connectivity index (χ4n) is 1.94. The SMILES string of the molecule is Cc1nccnc1C(C)Nc1ccc(Cl)c(C(=O)O)c1. The van der Waals surface area contributed by atoms with Crippen LogP contribution in [0.2, 0.25) is 5.02 Å². The molecule has 1 atom stereocenters. The summed E-state index contributed by atoms with van der Waals surface area (Å²) >= 11 is 5.84. The molecule has 2 N–H and O–H groups in total. The predicted molar refractivity (Wildman–Crippen MR) is 77.2 cm³/mol. The average molecular weight is 292 g/mol. The van der Waals surface area contributed by atoms with Crippen LogP contribution in [0.15, 0.2) is 30.6 Å². The van der Waals surface area contributed by atoms with Gasteiger partial charge in [-0.05, 0) is 32.0 Å². The van der Waals surface area contributed by atoms with Gasteiger partial charge in [0.15, 0.2) is 0 Å². The summed E-state index contributed by atoms with van der Waals surface area (Å²) in [5, 5.41) is 12.5. The van der Waals surface area contributed by atoms with Crippen molar-refractivity contribution >= 4 is 23.3 Å². The van der Waals surface area contributed by atoms with E-state index in [0.29, 0.717) is 5.69 Å². The molecule has 0 amide bonds. The van der Waals surface area contributed by atoms with Gasteiger partial charge in [-0.1, -0.05) is 11.6 Å². The van der Waals surface area contributed by atoms with Crippen LogP contribution < -0.4 is 5.32 Å². The highest BCUT2D eigenvalue weighted by Gasteiger charge is 2.13. The molecule has 104 valence electrons. The zero-order valence-electron chi connectivity index (χ0n) is 11.1. The molecule has 0 spiro atoms. The lowest BCUT2D eigenvalue weighted by atomic mass is 10.1. The molecule has 0 saturated carbocycles. The number of aromatic nitrogens is 2. The lowest BCUT2D eigenvalue weighted by molar-refractivity contribution is 0.0697. The molecule has 1 aromatic carbocycles. The van der Waals surface area contributed by atoms with Crippen molar-refractivity contribution in [2.24, 2.45) is 0 Å². The number of carboxylic acids is 1. The number of nitrogens with zero attached hydrogens (tertiary/aromatic N) is 2. The summed E-state index contributed by atoms with van der Waals surface area (Å²) < 4.78 is 0. The van der Waals surface area contributed by atoms with E-state index in [1.807, 2.05) is 13.8 Å². The van der Waals surface area contributed by atoms with Gasteiger partial charge in [-0.2, -0.15) is 0 Å². The highest BCUT2D eigenvalue weighted by molar-refractivity contribution is 6.33. The Hall–Kier alpha value is -2.14. The van der Waals surface area contributed by atoms with Crippen molar-refractivity contribution in [3.05, 3.63) is 52.6 Å². The fourth-order valence-corrected chi connectivity index (χ4v) is 2.14. The van der Waals surface area contributed by atoms with E-state index in [-0.39, 0.29) is 16.6 Å². The molecular formula is C14H14ClN3O2. The van der Waals surface area contributed by atoms with Gasteiger partial charge in [0.1, 0.15) is 0 Å². The van der Waals surface area contributed by atoms with Gasteiger partial charge in [0.2, 0.25) is 0 Å². The highest BCUT2D eigenvalue weighted by Crippen LogP contribution is 2.24. The Balaban J connectivity index is 2.24. The number of anilines is 1. The maximum Gasteiger partial charge on any atom is 0.337 e. The smallest absolute Gasteiger partial charge is 0.337 e. The van der Waals surface area contributed by atoms with E-state index in [1.165, 1.54) is 6.07 Å². The first-order valence-corrected chi connectivity index (χ1v) is 6.43. The Labute approximate surface area is 121 Å². The van der Waals surface area contributed by atoms with E-state index < -0.39 is 5.97 Å². The van der Waals surface area contributed by atoms with Gasteiger partial charge in [0.25, 0.3) is 0 Å². The molecule has 1 aromatic heterocycles. The van der Waals surface area contributed by atoms with E-state index in [0.717, 1.165) is 11.4 Å². The minimum atomic E-state index is -1.05. The molecule has 0 bridgehead atoms. The summed E-state index contributed by atoms with van der Waals surface area (Å²) in [6.07, 6.45) is 3.27. The molecule has 0 aliphatic carbocycles.